The molecule has 68 valence electrons. The number of aliphatic hydroxyl groups is 1. The Morgan fingerprint density at radius 3 is 2.85 bits per heavy atom. The Bertz CT molecular complexity index is 450. The second-order valence-electron chi connectivity index (χ2n) is 2.65. The van der Waals surface area contributed by atoms with E-state index in [2.05, 4.69) is 0 Å². The van der Waals surface area contributed by atoms with Gasteiger partial charge in [-0.2, -0.15) is 0 Å². The summed E-state index contributed by atoms with van der Waals surface area (Å²) in [7, 11) is 0. The van der Waals surface area contributed by atoms with Gasteiger partial charge in [-0.3, -0.25) is 0 Å². The van der Waals surface area contributed by atoms with Crippen molar-refractivity contribution in [2.24, 2.45) is 0 Å². The van der Waals surface area contributed by atoms with E-state index in [4.69, 9.17) is 5.11 Å². The van der Waals surface area contributed by atoms with Crippen LogP contribution in [0.3, 0.4) is 0 Å². The van der Waals surface area contributed by atoms with Crippen molar-refractivity contribution in [3.63, 3.8) is 0 Å². The van der Waals surface area contributed by atoms with Crippen LogP contribution in [0.25, 0.3) is 10.1 Å². The monoisotopic (exact) mass is 200 g/mol. The van der Waals surface area contributed by atoms with E-state index in [1.807, 2.05) is 0 Å². The molecule has 1 aromatic heterocycles. The molecule has 0 amide bonds. The highest BCUT2D eigenvalue weighted by Crippen LogP contribution is 2.28. The molecule has 0 saturated heterocycles. The highest BCUT2D eigenvalue weighted by atomic mass is 32.1. The van der Waals surface area contributed by atoms with Crippen molar-refractivity contribution >= 4 is 21.4 Å². The number of hydrogen-bond acceptors (Lipinski definition) is 2. The molecule has 0 atom stereocenters. The molecule has 0 aliphatic rings. The molecule has 0 radical (unpaired) electrons. The second kappa shape index (κ2) is 3.05. The molecule has 1 aromatic carbocycles. The van der Waals surface area contributed by atoms with Crippen LogP contribution in [0.1, 0.15) is 5.56 Å². The summed E-state index contributed by atoms with van der Waals surface area (Å²) >= 11 is 1.13. The summed E-state index contributed by atoms with van der Waals surface area (Å²) in [6.45, 7) is -0.273. The molecular weight excluding hydrogens is 194 g/mol. The maximum Gasteiger partial charge on any atom is 0.176 e. The Labute approximate surface area is 77.2 Å². The third kappa shape index (κ3) is 1.22. The van der Waals surface area contributed by atoms with Crippen molar-refractivity contribution in [1.29, 1.82) is 0 Å². The zero-order chi connectivity index (χ0) is 9.42. The molecule has 4 heteroatoms. The molecule has 0 spiro atoms. The van der Waals surface area contributed by atoms with Crippen LogP contribution in [0.2, 0.25) is 0 Å². The van der Waals surface area contributed by atoms with Gasteiger partial charge in [0.1, 0.15) is 0 Å². The van der Waals surface area contributed by atoms with Crippen LogP contribution in [0.4, 0.5) is 8.78 Å². The second-order valence-corrected chi connectivity index (χ2v) is 3.57. The highest BCUT2D eigenvalue weighted by Gasteiger charge is 2.12. The molecule has 0 unspecified atom stereocenters. The normalized spacial score (nSPS) is 11.0. The number of aliphatic hydroxyl groups excluding tert-OH is 1. The summed E-state index contributed by atoms with van der Waals surface area (Å²) in [5.41, 5.74) is 0.426. The summed E-state index contributed by atoms with van der Waals surface area (Å²) in [5.74, 6) is -1.74. The first-order valence-corrected chi connectivity index (χ1v) is 4.57. The fraction of sp³-hybridized carbons (Fsp3) is 0.111. The molecule has 0 fully saturated rings. The molecule has 0 aliphatic carbocycles. The van der Waals surface area contributed by atoms with E-state index in [0.29, 0.717) is 10.9 Å². The number of halogens is 2. The van der Waals surface area contributed by atoms with E-state index in [1.165, 1.54) is 0 Å². The molecule has 0 saturated carbocycles. The Kier molecular flexibility index (Phi) is 2.01. The van der Waals surface area contributed by atoms with Gasteiger partial charge in [0, 0.05) is 5.39 Å². The van der Waals surface area contributed by atoms with Crippen LogP contribution in [0, 0.1) is 11.6 Å². The number of hydrogen-bond donors (Lipinski definition) is 1. The molecule has 1 N–H and O–H groups in total. The Morgan fingerprint density at radius 2 is 2.15 bits per heavy atom. The Morgan fingerprint density at radius 1 is 1.38 bits per heavy atom. The zero-order valence-corrected chi connectivity index (χ0v) is 7.37. The molecule has 13 heavy (non-hydrogen) atoms. The average Bonchev–Trinajstić information content (AvgIpc) is 2.60. The van der Waals surface area contributed by atoms with Gasteiger partial charge in [-0.1, -0.05) is 0 Å². The minimum atomic E-state index is -0.904. The minimum Gasteiger partial charge on any atom is -0.392 e. The van der Waals surface area contributed by atoms with Gasteiger partial charge in [0.2, 0.25) is 0 Å². The lowest BCUT2D eigenvalue weighted by Crippen LogP contribution is -1.90. The Hall–Kier alpha value is -1.00. The molecule has 0 aliphatic heterocycles. The molecule has 2 aromatic rings. The van der Waals surface area contributed by atoms with Crippen molar-refractivity contribution in [3.05, 3.63) is 34.7 Å². The van der Waals surface area contributed by atoms with Gasteiger partial charge < -0.3 is 5.11 Å². The van der Waals surface area contributed by atoms with Crippen LogP contribution in [0.15, 0.2) is 17.5 Å². The number of rotatable bonds is 1. The summed E-state index contributed by atoms with van der Waals surface area (Å²) in [5, 5.41) is 11.1. The van der Waals surface area contributed by atoms with E-state index in [-0.39, 0.29) is 11.3 Å². The van der Waals surface area contributed by atoms with Gasteiger partial charge in [0.15, 0.2) is 11.6 Å². The van der Waals surface area contributed by atoms with E-state index in [1.54, 1.807) is 11.4 Å². The predicted octanol–water partition coefficient (Wildman–Crippen LogP) is 2.67. The first kappa shape index (κ1) is 8.59. The van der Waals surface area contributed by atoms with Gasteiger partial charge in [-0.05, 0) is 23.1 Å². The first-order valence-electron chi connectivity index (χ1n) is 3.69. The minimum absolute atomic E-state index is 0.268. The molecule has 2 rings (SSSR count). The smallest absolute Gasteiger partial charge is 0.176 e. The lowest BCUT2D eigenvalue weighted by atomic mass is 10.1. The maximum absolute atomic E-state index is 13.1. The zero-order valence-electron chi connectivity index (χ0n) is 6.55. The third-order valence-corrected chi connectivity index (χ3v) is 2.80. The van der Waals surface area contributed by atoms with Crippen molar-refractivity contribution in [3.8, 4) is 0 Å². The fourth-order valence-electron chi connectivity index (χ4n) is 1.27. The molecule has 1 heterocycles. The summed E-state index contributed by atoms with van der Waals surface area (Å²) in [4.78, 5) is 0. The van der Waals surface area contributed by atoms with Gasteiger partial charge in [-0.25, -0.2) is 8.78 Å². The van der Waals surface area contributed by atoms with Crippen molar-refractivity contribution in [2.45, 2.75) is 6.61 Å². The average molecular weight is 200 g/mol. The maximum atomic E-state index is 13.1. The topological polar surface area (TPSA) is 20.2 Å². The molecule has 1 nitrogen and oxygen atoms in total. The van der Waals surface area contributed by atoms with E-state index in [0.717, 1.165) is 17.4 Å². The van der Waals surface area contributed by atoms with Gasteiger partial charge >= 0.3 is 0 Å². The van der Waals surface area contributed by atoms with Crippen LogP contribution >= 0.6 is 11.3 Å². The van der Waals surface area contributed by atoms with Crippen LogP contribution in [-0.4, -0.2) is 5.11 Å². The molecular formula is C9H6F2OS. The summed E-state index contributed by atoms with van der Waals surface area (Å²) in [6, 6.07) is 2.71. The standard InChI is InChI=1S/C9H6F2OS/c10-7-3-5(4-12)6-1-2-13-9(6)8(7)11/h1-3,12H,4H2. The van der Waals surface area contributed by atoms with Gasteiger partial charge in [-0.15, -0.1) is 11.3 Å². The number of fused-ring (bicyclic) bond motifs is 1. The van der Waals surface area contributed by atoms with Crippen molar-refractivity contribution in [2.75, 3.05) is 0 Å². The van der Waals surface area contributed by atoms with Crippen LogP contribution in [-0.2, 0) is 6.61 Å². The SMILES string of the molecule is OCc1cc(F)c(F)c2sccc12. The Balaban J connectivity index is 2.87. The van der Waals surface area contributed by atoms with Crippen molar-refractivity contribution < 1.29 is 13.9 Å². The van der Waals surface area contributed by atoms with E-state index >= 15 is 0 Å². The number of thiophene rings is 1. The van der Waals surface area contributed by atoms with Crippen LogP contribution < -0.4 is 0 Å². The summed E-state index contributed by atoms with van der Waals surface area (Å²) < 4.78 is 26.3. The lowest BCUT2D eigenvalue weighted by molar-refractivity contribution is 0.282. The largest absolute Gasteiger partial charge is 0.392 e. The van der Waals surface area contributed by atoms with E-state index in [9.17, 15) is 8.78 Å². The highest BCUT2D eigenvalue weighted by molar-refractivity contribution is 7.17. The fourth-order valence-corrected chi connectivity index (χ4v) is 2.13. The van der Waals surface area contributed by atoms with E-state index < -0.39 is 11.6 Å². The van der Waals surface area contributed by atoms with Gasteiger partial charge in [0.25, 0.3) is 0 Å². The van der Waals surface area contributed by atoms with Crippen molar-refractivity contribution in [1.82, 2.24) is 0 Å². The number of benzene rings is 1. The quantitative estimate of drug-likeness (QED) is 0.750. The first-order chi connectivity index (χ1) is 6.24. The van der Waals surface area contributed by atoms with Gasteiger partial charge in [0.05, 0.1) is 11.3 Å². The third-order valence-electron chi connectivity index (χ3n) is 1.89. The summed E-state index contributed by atoms with van der Waals surface area (Å²) in [6.07, 6.45) is 0. The lowest BCUT2D eigenvalue weighted by Gasteiger charge is -2.00. The predicted molar refractivity (Wildman–Crippen MR) is 47.7 cm³/mol. The van der Waals surface area contributed by atoms with Crippen LogP contribution in [0.5, 0.6) is 0 Å². The molecule has 0 bridgehead atoms.